The quantitative estimate of drug-likeness (QED) is 0.850. The third kappa shape index (κ3) is 4.55. The summed E-state index contributed by atoms with van der Waals surface area (Å²) >= 11 is 0. The Labute approximate surface area is 148 Å². The number of benzene rings is 1. The topological polar surface area (TPSA) is 92.2 Å². The average Bonchev–Trinajstić information content (AvgIpc) is 2.61. The Kier molecular flexibility index (Phi) is 5.34. The van der Waals surface area contributed by atoms with Crippen LogP contribution in [0.4, 0.5) is 5.95 Å². The highest BCUT2D eigenvalue weighted by Crippen LogP contribution is 2.26. The van der Waals surface area contributed by atoms with Gasteiger partial charge in [0.1, 0.15) is 0 Å². The lowest BCUT2D eigenvalue weighted by Crippen LogP contribution is -2.29. The molecule has 0 bridgehead atoms. The zero-order chi connectivity index (χ0) is 17.9. The van der Waals surface area contributed by atoms with Crippen molar-refractivity contribution in [2.24, 2.45) is 5.92 Å². The molecule has 0 spiro atoms. The van der Waals surface area contributed by atoms with Crippen molar-refractivity contribution in [2.75, 3.05) is 18.2 Å². The van der Waals surface area contributed by atoms with Gasteiger partial charge in [-0.3, -0.25) is 0 Å². The minimum atomic E-state index is -3.20. The summed E-state index contributed by atoms with van der Waals surface area (Å²) in [6.45, 7) is 0.228. The van der Waals surface area contributed by atoms with Crippen molar-refractivity contribution in [1.29, 1.82) is 0 Å². The molecule has 1 aliphatic rings. The van der Waals surface area contributed by atoms with Gasteiger partial charge < -0.3 is 10.4 Å². The van der Waals surface area contributed by atoms with E-state index in [1.807, 2.05) is 0 Å². The first-order chi connectivity index (χ1) is 12.0. The van der Waals surface area contributed by atoms with Crippen molar-refractivity contribution in [2.45, 2.75) is 36.6 Å². The molecule has 2 atom stereocenters. The largest absolute Gasteiger partial charge is 0.396 e. The number of aromatic nitrogens is 2. The maximum absolute atomic E-state index is 11.6. The monoisotopic (exact) mass is 361 g/mol. The Hall–Kier alpha value is -1.99. The second-order valence-corrected chi connectivity index (χ2v) is 8.63. The van der Waals surface area contributed by atoms with Gasteiger partial charge in [0, 0.05) is 30.7 Å². The zero-order valence-corrected chi connectivity index (χ0v) is 15.0. The first-order valence-electron chi connectivity index (χ1n) is 8.46. The van der Waals surface area contributed by atoms with Gasteiger partial charge in [0.2, 0.25) is 5.95 Å². The van der Waals surface area contributed by atoms with Gasteiger partial charge in [-0.2, -0.15) is 0 Å². The molecule has 0 radical (unpaired) electrons. The third-order valence-electron chi connectivity index (χ3n) is 4.61. The summed E-state index contributed by atoms with van der Waals surface area (Å²) in [5, 5.41) is 12.7. The predicted molar refractivity (Wildman–Crippen MR) is 97.0 cm³/mol. The smallest absolute Gasteiger partial charge is 0.223 e. The Bertz CT molecular complexity index is 822. The van der Waals surface area contributed by atoms with Crippen LogP contribution in [0.1, 0.15) is 25.7 Å². The summed E-state index contributed by atoms with van der Waals surface area (Å²) in [7, 11) is -3.20. The maximum atomic E-state index is 11.6. The molecule has 1 aromatic carbocycles. The maximum Gasteiger partial charge on any atom is 0.223 e. The van der Waals surface area contributed by atoms with Gasteiger partial charge in [0.25, 0.3) is 0 Å². The van der Waals surface area contributed by atoms with Crippen molar-refractivity contribution >= 4 is 15.8 Å². The molecule has 1 aliphatic carbocycles. The molecule has 6 nitrogen and oxygen atoms in total. The number of nitrogens with zero attached hydrogens (tertiary/aromatic N) is 2. The van der Waals surface area contributed by atoms with Crippen LogP contribution in [-0.2, 0) is 9.84 Å². The molecule has 25 heavy (non-hydrogen) atoms. The number of aliphatic hydroxyl groups is 1. The van der Waals surface area contributed by atoms with Crippen LogP contribution in [0.25, 0.3) is 11.3 Å². The van der Waals surface area contributed by atoms with E-state index >= 15 is 0 Å². The summed E-state index contributed by atoms with van der Waals surface area (Å²) in [5.74, 6) is 0.909. The number of hydrogen-bond acceptors (Lipinski definition) is 6. The molecule has 1 saturated carbocycles. The third-order valence-corrected chi connectivity index (χ3v) is 5.74. The minimum absolute atomic E-state index is 0.228. The fourth-order valence-corrected chi connectivity index (χ4v) is 3.86. The fourth-order valence-electron chi connectivity index (χ4n) is 3.23. The first-order valence-corrected chi connectivity index (χ1v) is 10.4. The van der Waals surface area contributed by atoms with E-state index in [0.29, 0.717) is 16.8 Å². The molecule has 1 fully saturated rings. The van der Waals surface area contributed by atoms with Crippen LogP contribution in [0, 0.1) is 5.92 Å². The van der Waals surface area contributed by atoms with E-state index in [1.54, 1.807) is 36.5 Å². The molecule has 1 heterocycles. The van der Waals surface area contributed by atoms with Gasteiger partial charge in [-0.25, -0.2) is 18.4 Å². The summed E-state index contributed by atoms with van der Waals surface area (Å²) in [6, 6.07) is 8.77. The average molecular weight is 361 g/mol. The second kappa shape index (κ2) is 7.49. The number of anilines is 1. The number of aliphatic hydroxyl groups excluding tert-OH is 1. The Morgan fingerprint density at radius 2 is 1.96 bits per heavy atom. The summed E-state index contributed by atoms with van der Waals surface area (Å²) < 4.78 is 23.1. The van der Waals surface area contributed by atoms with Crippen LogP contribution >= 0.6 is 0 Å². The lowest BCUT2D eigenvalue weighted by molar-refractivity contribution is 0.184. The van der Waals surface area contributed by atoms with E-state index in [1.165, 1.54) is 6.26 Å². The molecule has 2 aromatic rings. The van der Waals surface area contributed by atoms with E-state index in [9.17, 15) is 13.5 Å². The highest BCUT2D eigenvalue weighted by molar-refractivity contribution is 7.90. The standard InChI is InChI=1S/C18H23N3O3S/c1-25(23,24)16-7-5-14(6-8-16)17-9-10-19-18(21-17)20-15-4-2-3-13(11-15)12-22/h5-10,13,15,22H,2-4,11-12H2,1H3,(H,19,20,21). The molecular formula is C18H23N3O3S. The van der Waals surface area contributed by atoms with Crippen LogP contribution < -0.4 is 5.32 Å². The normalized spacial score (nSPS) is 21.0. The molecule has 134 valence electrons. The lowest BCUT2D eigenvalue weighted by atomic mass is 9.86. The Morgan fingerprint density at radius 1 is 1.20 bits per heavy atom. The van der Waals surface area contributed by atoms with E-state index in [0.717, 1.165) is 36.9 Å². The molecule has 1 aromatic heterocycles. The Balaban J connectivity index is 1.75. The first kappa shape index (κ1) is 17.8. The van der Waals surface area contributed by atoms with Crippen LogP contribution in [0.2, 0.25) is 0 Å². The van der Waals surface area contributed by atoms with E-state index in [2.05, 4.69) is 15.3 Å². The lowest BCUT2D eigenvalue weighted by Gasteiger charge is -2.28. The van der Waals surface area contributed by atoms with Crippen LogP contribution in [0.3, 0.4) is 0 Å². The number of rotatable bonds is 5. The van der Waals surface area contributed by atoms with E-state index in [4.69, 9.17) is 0 Å². The van der Waals surface area contributed by atoms with Crippen LogP contribution in [0.15, 0.2) is 41.4 Å². The fraction of sp³-hybridized carbons (Fsp3) is 0.444. The molecule has 0 aliphatic heterocycles. The van der Waals surface area contributed by atoms with Gasteiger partial charge in [0.15, 0.2) is 9.84 Å². The van der Waals surface area contributed by atoms with Crippen LogP contribution in [-0.4, -0.2) is 42.4 Å². The van der Waals surface area contributed by atoms with Gasteiger partial charge in [-0.1, -0.05) is 18.6 Å². The molecule has 0 saturated heterocycles. The SMILES string of the molecule is CS(=O)(=O)c1ccc(-c2ccnc(NC3CCCC(CO)C3)n2)cc1. The van der Waals surface area contributed by atoms with Gasteiger partial charge >= 0.3 is 0 Å². The summed E-state index contributed by atoms with van der Waals surface area (Å²) in [5.41, 5.74) is 1.58. The second-order valence-electron chi connectivity index (χ2n) is 6.62. The summed E-state index contributed by atoms with van der Waals surface area (Å²) in [4.78, 5) is 9.12. The minimum Gasteiger partial charge on any atom is -0.396 e. The van der Waals surface area contributed by atoms with Crippen molar-refractivity contribution in [3.63, 3.8) is 0 Å². The van der Waals surface area contributed by atoms with Gasteiger partial charge in [0.05, 0.1) is 10.6 Å². The van der Waals surface area contributed by atoms with Crippen molar-refractivity contribution in [3.8, 4) is 11.3 Å². The van der Waals surface area contributed by atoms with Crippen molar-refractivity contribution in [3.05, 3.63) is 36.5 Å². The highest BCUT2D eigenvalue weighted by Gasteiger charge is 2.22. The molecule has 2 unspecified atom stereocenters. The molecular weight excluding hydrogens is 338 g/mol. The van der Waals surface area contributed by atoms with Gasteiger partial charge in [-0.05, 0) is 43.4 Å². The number of hydrogen-bond donors (Lipinski definition) is 2. The van der Waals surface area contributed by atoms with Crippen molar-refractivity contribution in [1.82, 2.24) is 9.97 Å². The Morgan fingerprint density at radius 3 is 2.64 bits per heavy atom. The highest BCUT2D eigenvalue weighted by atomic mass is 32.2. The van der Waals surface area contributed by atoms with Gasteiger partial charge in [-0.15, -0.1) is 0 Å². The molecule has 3 rings (SSSR count). The van der Waals surface area contributed by atoms with Crippen molar-refractivity contribution < 1.29 is 13.5 Å². The number of sulfone groups is 1. The van der Waals surface area contributed by atoms with Crippen LogP contribution in [0.5, 0.6) is 0 Å². The van der Waals surface area contributed by atoms with E-state index in [-0.39, 0.29) is 12.6 Å². The predicted octanol–water partition coefficient (Wildman–Crippen LogP) is 2.51. The zero-order valence-electron chi connectivity index (χ0n) is 14.2. The molecule has 2 N–H and O–H groups in total. The summed E-state index contributed by atoms with van der Waals surface area (Å²) in [6.07, 6.45) is 7.03. The molecule has 0 amide bonds. The number of nitrogens with one attached hydrogen (secondary N) is 1. The van der Waals surface area contributed by atoms with E-state index < -0.39 is 9.84 Å². The molecule has 7 heteroatoms.